The van der Waals surface area contributed by atoms with Gasteiger partial charge in [0.1, 0.15) is 17.3 Å². The van der Waals surface area contributed by atoms with Gasteiger partial charge in [0, 0.05) is 23.5 Å². The summed E-state index contributed by atoms with van der Waals surface area (Å²) >= 11 is 3.22. The predicted octanol–water partition coefficient (Wildman–Crippen LogP) is 3.89. The van der Waals surface area contributed by atoms with E-state index in [4.69, 9.17) is 15.2 Å². The zero-order valence-corrected chi connectivity index (χ0v) is 13.1. The zero-order valence-electron chi connectivity index (χ0n) is 11.5. The van der Waals surface area contributed by atoms with Crippen LogP contribution in [0.15, 0.2) is 46.9 Å². The lowest BCUT2D eigenvalue weighted by molar-refractivity contribution is 0.247. The molecule has 0 amide bonds. The van der Waals surface area contributed by atoms with Crippen molar-refractivity contribution in [1.82, 2.24) is 0 Å². The number of ether oxygens (including phenoxy) is 2. The summed E-state index contributed by atoms with van der Waals surface area (Å²) in [4.78, 5) is 0. The van der Waals surface area contributed by atoms with E-state index in [0.717, 1.165) is 11.3 Å². The van der Waals surface area contributed by atoms with Gasteiger partial charge in [0.05, 0.1) is 13.2 Å². The van der Waals surface area contributed by atoms with Crippen molar-refractivity contribution in [1.29, 1.82) is 0 Å². The molecule has 2 N–H and O–H groups in total. The Morgan fingerprint density at radius 3 is 2.24 bits per heavy atom. The second-order valence-corrected chi connectivity index (χ2v) is 5.42. The van der Waals surface area contributed by atoms with Crippen LogP contribution in [0.5, 0.6) is 11.5 Å². The van der Waals surface area contributed by atoms with Crippen LogP contribution < -0.4 is 15.2 Å². The van der Waals surface area contributed by atoms with E-state index in [1.54, 1.807) is 6.07 Å². The molecule has 0 unspecified atom stereocenters. The van der Waals surface area contributed by atoms with Crippen LogP contribution >= 0.6 is 15.9 Å². The zero-order chi connectivity index (χ0) is 15.1. The summed E-state index contributed by atoms with van der Waals surface area (Å²) in [6.07, 6.45) is 0.715. The number of rotatable bonds is 7. The molecule has 0 bridgehead atoms. The van der Waals surface area contributed by atoms with Gasteiger partial charge in [-0.15, -0.1) is 0 Å². The summed E-state index contributed by atoms with van der Waals surface area (Å²) < 4.78 is 24.9. The number of benzene rings is 2. The monoisotopic (exact) mass is 353 g/mol. The Hall–Kier alpha value is -1.59. The smallest absolute Gasteiger partial charge is 0.128 e. The molecule has 0 aliphatic rings. The SMILES string of the molecule is NCc1ccc(OCCCOc2cc(F)cc(Br)c2)cc1. The highest BCUT2D eigenvalue weighted by Crippen LogP contribution is 2.20. The van der Waals surface area contributed by atoms with Crippen LogP contribution in [0.2, 0.25) is 0 Å². The number of hydrogen-bond donors (Lipinski definition) is 1. The fourth-order valence-electron chi connectivity index (χ4n) is 1.77. The van der Waals surface area contributed by atoms with Crippen LogP contribution in [0.25, 0.3) is 0 Å². The van der Waals surface area contributed by atoms with Crippen molar-refractivity contribution < 1.29 is 13.9 Å². The highest BCUT2D eigenvalue weighted by molar-refractivity contribution is 9.10. The van der Waals surface area contributed by atoms with Crippen molar-refractivity contribution in [3.05, 3.63) is 58.3 Å². The summed E-state index contributed by atoms with van der Waals surface area (Å²) in [5.74, 6) is 0.991. The Morgan fingerprint density at radius 1 is 0.952 bits per heavy atom. The van der Waals surface area contributed by atoms with Crippen LogP contribution in [-0.4, -0.2) is 13.2 Å². The van der Waals surface area contributed by atoms with Gasteiger partial charge in [-0.2, -0.15) is 0 Å². The molecule has 3 nitrogen and oxygen atoms in total. The van der Waals surface area contributed by atoms with Gasteiger partial charge in [-0.1, -0.05) is 28.1 Å². The third kappa shape index (κ3) is 5.36. The van der Waals surface area contributed by atoms with E-state index in [1.165, 1.54) is 12.1 Å². The summed E-state index contributed by atoms with van der Waals surface area (Å²) in [6, 6.07) is 12.2. The van der Waals surface area contributed by atoms with Gasteiger partial charge in [-0.05, 0) is 29.8 Å². The Morgan fingerprint density at radius 2 is 1.62 bits per heavy atom. The lowest BCUT2D eigenvalue weighted by Crippen LogP contribution is -2.05. The summed E-state index contributed by atoms with van der Waals surface area (Å²) in [7, 11) is 0. The van der Waals surface area contributed by atoms with Crippen molar-refractivity contribution in [2.45, 2.75) is 13.0 Å². The van der Waals surface area contributed by atoms with E-state index in [1.807, 2.05) is 24.3 Å². The fourth-order valence-corrected chi connectivity index (χ4v) is 2.22. The number of halogens is 2. The van der Waals surface area contributed by atoms with Crippen LogP contribution in [0.4, 0.5) is 4.39 Å². The van der Waals surface area contributed by atoms with Gasteiger partial charge < -0.3 is 15.2 Å². The Bertz CT molecular complexity index is 555. The van der Waals surface area contributed by atoms with Gasteiger partial charge >= 0.3 is 0 Å². The van der Waals surface area contributed by atoms with Crippen molar-refractivity contribution in [2.75, 3.05) is 13.2 Å². The quantitative estimate of drug-likeness (QED) is 0.767. The summed E-state index contributed by atoms with van der Waals surface area (Å²) in [6.45, 7) is 1.53. The molecule has 21 heavy (non-hydrogen) atoms. The average molecular weight is 354 g/mol. The minimum atomic E-state index is -0.324. The third-order valence-electron chi connectivity index (χ3n) is 2.82. The Balaban J connectivity index is 1.69. The molecule has 0 radical (unpaired) electrons. The molecule has 0 atom stereocenters. The first-order chi connectivity index (χ1) is 10.2. The second kappa shape index (κ2) is 8.00. The first-order valence-electron chi connectivity index (χ1n) is 6.68. The molecule has 0 saturated carbocycles. The van der Waals surface area contributed by atoms with Crippen molar-refractivity contribution >= 4 is 15.9 Å². The molecular formula is C16H17BrFNO2. The first-order valence-corrected chi connectivity index (χ1v) is 7.47. The van der Waals surface area contributed by atoms with Crippen molar-refractivity contribution in [3.8, 4) is 11.5 Å². The maximum atomic E-state index is 13.1. The molecule has 0 aliphatic carbocycles. The van der Waals surface area contributed by atoms with Crippen molar-refractivity contribution in [2.24, 2.45) is 5.73 Å². The van der Waals surface area contributed by atoms with E-state index in [2.05, 4.69) is 15.9 Å². The lowest BCUT2D eigenvalue weighted by Gasteiger charge is -2.09. The van der Waals surface area contributed by atoms with Gasteiger partial charge in [0.2, 0.25) is 0 Å². The van der Waals surface area contributed by atoms with Gasteiger partial charge in [-0.3, -0.25) is 0 Å². The maximum Gasteiger partial charge on any atom is 0.128 e. The predicted molar refractivity (Wildman–Crippen MR) is 84.0 cm³/mol. The molecule has 0 aliphatic heterocycles. The molecule has 0 aromatic heterocycles. The van der Waals surface area contributed by atoms with E-state index < -0.39 is 0 Å². The van der Waals surface area contributed by atoms with Gasteiger partial charge in [0.15, 0.2) is 0 Å². The number of hydrogen-bond acceptors (Lipinski definition) is 3. The second-order valence-electron chi connectivity index (χ2n) is 4.50. The number of nitrogens with two attached hydrogens (primary N) is 1. The average Bonchev–Trinajstić information content (AvgIpc) is 2.46. The highest BCUT2D eigenvalue weighted by Gasteiger charge is 2.00. The van der Waals surface area contributed by atoms with Crippen LogP contribution in [0, 0.1) is 5.82 Å². The van der Waals surface area contributed by atoms with E-state index in [-0.39, 0.29) is 5.82 Å². The molecule has 0 heterocycles. The van der Waals surface area contributed by atoms with E-state index >= 15 is 0 Å². The summed E-state index contributed by atoms with van der Waals surface area (Å²) in [5, 5.41) is 0. The van der Waals surface area contributed by atoms with Crippen LogP contribution in [0.3, 0.4) is 0 Å². The Labute approximate surface area is 132 Å². The molecule has 0 fully saturated rings. The van der Waals surface area contributed by atoms with Gasteiger partial charge in [0.25, 0.3) is 0 Å². The van der Waals surface area contributed by atoms with Gasteiger partial charge in [-0.25, -0.2) is 4.39 Å². The van der Waals surface area contributed by atoms with Crippen molar-refractivity contribution in [3.63, 3.8) is 0 Å². The first kappa shape index (κ1) is 15.8. The molecular weight excluding hydrogens is 337 g/mol. The standard InChI is InChI=1S/C16H17BrFNO2/c17-13-8-14(18)10-16(9-13)21-7-1-6-20-15-4-2-12(11-19)3-5-15/h2-5,8-10H,1,6-7,11,19H2. The molecule has 0 spiro atoms. The molecule has 2 aromatic rings. The van der Waals surface area contributed by atoms with E-state index in [0.29, 0.717) is 36.4 Å². The van der Waals surface area contributed by atoms with E-state index in [9.17, 15) is 4.39 Å². The molecule has 112 valence electrons. The highest BCUT2D eigenvalue weighted by atomic mass is 79.9. The Kier molecular flexibility index (Phi) is 6.02. The van der Waals surface area contributed by atoms with Crippen LogP contribution in [0.1, 0.15) is 12.0 Å². The maximum absolute atomic E-state index is 13.1. The fraction of sp³-hybridized carbons (Fsp3) is 0.250. The lowest BCUT2D eigenvalue weighted by atomic mass is 10.2. The summed E-state index contributed by atoms with van der Waals surface area (Å²) in [5.41, 5.74) is 6.60. The molecule has 2 rings (SSSR count). The van der Waals surface area contributed by atoms with Crippen LogP contribution in [-0.2, 0) is 6.54 Å². The minimum Gasteiger partial charge on any atom is -0.493 e. The largest absolute Gasteiger partial charge is 0.493 e. The topological polar surface area (TPSA) is 44.5 Å². The normalized spacial score (nSPS) is 10.4. The molecule has 2 aromatic carbocycles. The minimum absolute atomic E-state index is 0.324. The third-order valence-corrected chi connectivity index (χ3v) is 3.28. The molecule has 5 heteroatoms. The molecule has 0 saturated heterocycles.